The van der Waals surface area contributed by atoms with Gasteiger partial charge in [-0.05, 0) is 74.7 Å². The number of halogens is 3. The van der Waals surface area contributed by atoms with Crippen molar-refractivity contribution in [1.29, 1.82) is 0 Å². The van der Waals surface area contributed by atoms with Gasteiger partial charge in [0.25, 0.3) is 0 Å². The van der Waals surface area contributed by atoms with Crippen LogP contribution in [-0.4, -0.2) is 28.1 Å². The summed E-state index contributed by atoms with van der Waals surface area (Å²) in [5.74, 6) is 0.203. The fourth-order valence-electron chi connectivity index (χ4n) is 4.45. The van der Waals surface area contributed by atoms with Crippen LogP contribution < -0.4 is 9.46 Å². The molecule has 224 valence electrons. The largest absolute Gasteiger partial charge is 0.598 e. The highest BCUT2D eigenvalue weighted by atomic mass is 32.2. The van der Waals surface area contributed by atoms with Gasteiger partial charge in [0.2, 0.25) is 0 Å². The van der Waals surface area contributed by atoms with E-state index in [1.54, 1.807) is 76.4 Å². The van der Waals surface area contributed by atoms with E-state index in [9.17, 15) is 22.5 Å². The smallest absolute Gasteiger partial charge is 0.391 e. The molecule has 2 atom stereocenters. The normalized spacial score (nSPS) is 13.6. The van der Waals surface area contributed by atoms with Crippen LogP contribution in [-0.2, 0) is 33.9 Å². The van der Waals surface area contributed by atoms with Gasteiger partial charge in [0.1, 0.15) is 22.7 Å². The number of furan rings is 1. The third kappa shape index (κ3) is 8.30. The maximum atomic E-state index is 13.5. The molecule has 1 N–H and O–H groups in total. The summed E-state index contributed by atoms with van der Waals surface area (Å²) < 4.78 is 72.3. The Morgan fingerprint density at radius 3 is 2.52 bits per heavy atom. The first-order valence-corrected chi connectivity index (χ1v) is 14.7. The fourth-order valence-corrected chi connectivity index (χ4v) is 5.28. The first kappa shape index (κ1) is 31.5. The van der Waals surface area contributed by atoms with Gasteiger partial charge in [0.15, 0.2) is 0 Å². The van der Waals surface area contributed by atoms with E-state index in [-0.39, 0.29) is 25.6 Å². The molecule has 0 amide bonds. The van der Waals surface area contributed by atoms with Crippen LogP contribution in [0.5, 0.6) is 5.75 Å². The number of hydrogen-bond acceptors (Lipinski definition) is 6. The predicted octanol–water partition coefficient (Wildman–Crippen LogP) is 7.83. The van der Waals surface area contributed by atoms with Gasteiger partial charge < -0.3 is 18.4 Å². The summed E-state index contributed by atoms with van der Waals surface area (Å²) >= 11 is -1.72. The zero-order valence-electron chi connectivity index (χ0n) is 23.9. The highest BCUT2D eigenvalue weighted by molar-refractivity contribution is 7.90. The summed E-state index contributed by atoms with van der Waals surface area (Å²) in [6.07, 6.45) is -4.01. The molecule has 0 saturated heterocycles. The topological polar surface area (TPSA) is 83.8 Å². The number of rotatable bonds is 11. The zero-order valence-corrected chi connectivity index (χ0v) is 24.7. The summed E-state index contributed by atoms with van der Waals surface area (Å²) in [6.45, 7) is 7.32. The van der Waals surface area contributed by atoms with Crippen molar-refractivity contribution in [2.24, 2.45) is 0 Å². The molecule has 4 aromatic rings. The number of carbonyl (C=O) groups excluding carboxylic acids is 1. The van der Waals surface area contributed by atoms with E-state index in [4.69, 9.17) is 13.9 Å². The van der Waals surface area contributed by atoms with Gasteiger partial charge in [-0.3, -0.25) is 4.79 Å². The summed E-state index contributed by atoms with van der Waals surface area (Å²) in [5.41, 5.74) is 3.76. The lowest BCUT2D eigenvalue weighted by molar-refractivity contribution is -0.142. The summed E-state index contributed by atoms with van der Waals surface area (Å²) in [7, 11) is 0. The highest BCUT2D eigenvalue weighted by Gasteiger charge is 2.37. The number of nitrogens with one attached hydrogen (secondary N) is 1. The number of esters is 1. The minimum Gasteiger partial charge on any atom is -0.598 e. The molecule has 4 rings (SSSR count). The van der Waals surface area contributed by atoms with Crippen molar-refractivity contribution in [2.75, 3.05) is 6.61 Å². The van der Waals surface area contributed by atoms with Crippen LogP contribution in [0.1, 0.15) is 56.8 Å². The molecule has 0 aliphatic heterocycles. The average molecular weight is 602 g/mol. The molecule has 2 unspecified atom stereocenters. The summed E-state index contributed by atoms with van der Waals surface area (Å²) in [5, 5.41) is 0.801. The van der Waals surface area contributed by atoms with Crippen molar-refractivity contribution in [1.82, 2.24) is 4.72 Å². The Bertz CT molecular complexity index is 1510. The molecule has 0 radical (unpaired) electrons. The number of carbonyl (C=O) groups is 1. The fraction of sp³-hybridized carbons (Fsp3) is 0.344. The van der Waals surface area contributed by atoms with Crippen molar-refractivity contribution in [3.05, 3.63) is 89.7 Å². The van der Waals surface area contributed by atoms with E-state index in [1.807, 2.05) is 24.3 Å². The van der Waals surface area contributed by atoms with Crippen molar-refractivity contribution >= 4 is 28.3 Å². The Hall–Kier alpha value is -3.47. The molecule has 0 bridgehead atoms. The summed E-state index contributed by atoms with van der Waals surface area (Å²) in [6, 6.07) is 18.4. The Kier molecular flexibility index (Phi) is 9.91. The van der Waals surface area contributed by atoms with Crippen molar-refractivity contribution < 1.29 is 36.4 Å². The van der Waals surface area contributed by atoms with Gasteiger partial charge in [-0.25, -0.2) is 0 Å². The Morgan fingerprint density at radius 2 is 1.81 bits per heavy atom. The minimum absolute atomic E-state index is 0.0793. The van der Waals surface area contributed by atoms with E-state index in [1.165, 1.54) is 0 Å². The van der Waals surface area contributed by atoms with E-state index in [2.05, 4.69) is 4.72 Å². The maximum absolute atomic E-state index is 13.5. The summed E-state index contributed by atoms with van der Waals surface area (Å²) in [4.78, 5) is 12.0. The van der Waals surface area contributed by atoms with Gasteiger partial charge in [0.05, 0.1) is 31.8 Å². The van der Waals surface area contributed by atoms with Crippen molar-refractivity contribution in [3.63, 3.8) is 0 Å². The molecular weight excluding hydrogens is 567 g/mol. The molecule has 0 spiro atoms. The molecule has 42 heavy (non-hydrogen) atoms. The maximum Gasteiger partial charge on any atom is 0.391 e. The lowest BCUT2D eigenvalue weighted by Crippen LogP contribution is -2.42. The first-order valence-electron chi connectivity index (χ1n) is 13.6. The van der Waals surface area contributed by atoms with Gasteiger partial charge in [-0.15, -0.1) is 4.72 Å². The van der Waals surface area contributed by atoms with Crippen LogP contribution >= 0.6 is 0 Å². The molecular formula is C32H34F3NO5S. The van der Waals surface area contributed by atoms with E-state index in [0.717, 1.165) is 10.9 Å². The number of alkyl halides is 3. The monoisotopic (exact) mass is 601 g/mol. The lowest BCUT2D eigenvalue weighted by Gasteiger charge is -2.28. The number of ether oxygens (including phenoxy) is 2. The van der Waals surface area contributed by atoms with Crippen LogP contribution in [0.4, 0.5) is 13.2 Å². The number of para-hydroxylation sites is 1. The molecule has 0 aliphatic carbocycles. The Balaban J connectivity index is 1.65. The molecule has 0 fully saturated rings. The molecule has 0 aliphatic rings. The second-order valence-electron chi connectivity index (χ2n) is 10.9. The number of benzene rings is 3. The van der Waals surface area contributed by atoms with Crippen LogP contribution in [0.25, 0.3) is 22.1 Å². The van der Waals surface area contributed by atoms with Gasteiger partial charge in [-0.1, -0.05) is 36.4 Å². The predicted molar refractivity (Wildman–Crippen MR) is 157 cm³/mol. The number of hydrogen-bond donors (Lipinski definition) is 1. The lowest BCUT2D eigenvalue weighted by atomic mass is 9.96. The molecule has 0 saturated carbocycles. The Labute approximate surface area is 246 Å². The number of fused-ring (bicyclic) bond motifs is 1. The van der Waals surface area contributed by atoms with Crippen LogP contribution in [0.2, 0.25) is 0 Å². The van der Waals surface area contributed by atoms with Crippen LogP contribution in [0.3, 0.4) is 0 Å². The molecule has 1 aromatic heterocycles. The van der Waals surface area contributed by atoms with Crippen LogP contribution in [0, 0.1) is 0 Å². The van der Waals surface area contributed by atoms with Gasteiger partial charge in [-0.2, -0.15) is 13.2 Å². The first-order chi connectivity index (χ1) is 19.8. The van der Waals surface area contributed by atoms with Gasteiger partial charge >= 0.3 is 12.1 Å². The Morgan fingerprint density at radius 1 is 1.05 bits per heavy atom. The van der Waals surface area contributed by atoms with E-state index < -0.39 is 34.7 Å². The second-order valence-corrected chi connectivity index (χ2v) is 12.9. The van der Waals surface area contributed by atoms with Crippen molar-refractivity contribution in [3.8, 4) is 16.9 Å². The quantitative estimate of drug-likeness (QED) is 0.139. The van der Waals surface area contributed by atoms with Crippen molar-refractivity contribution in [2.45, 2.75) is 64.1 Å². The standard InChI is InChI=1S/C32H34F3NO5S/c1-5-39-29(37)18-24-9-6-7-12-28(24)41-20-21-15-25-13-14-40-30(25)26(16-21)22-10-8-11-23(17-22)27(19-32(33,34)35)36-42(38)31(2,3)4/h6-17,27,36H,5,18-20H2,1-4H3. The average Bonchev–Trinajstić information content (AvgIpc) is 3.39. The van der Waals surface area contributed by atoms with E-state index in [0.29, 0.717) is 33.6 Å². The third-order valence-corrected chi connectivity index (χ3v) is 8.07. The van der Waals surface area contributed by atoms with Crippen LogP contribution in [0.15, 0.2) is 77.4 Å². The second kappa shape index (κ2) is 13.2. The zero-order chi connectivity index (χ0) is 30.5. The molecule has 3 aromatic carbocycles. The highest BCUT2D eigenvalue weighted by Crippen LogP contribution is 2.36. The SMILES string of the molecule is CCOC(=O)Cc1ccccc1OCc1cc(-c2cccc(C(CC(F)(F)F)N[S+]([O-])C(C)(C)C)c2)c2occc2c1. The molecule has 1 heterocycles. The van der Waals surface area contributed by atoms with E-state index >= 15 is 0 Å². The molecule has 6 nitrogen and oxygen atoms in total. The minimum atomic E-state index is -4.47. The third-order valence-electron chi connectivity index (χ3n) is 6.46. The molecule has 10 heteroatoms. The van der Waals surface area contributed by atoms with Gasteiger partial charge in [0, 0.05) is 27.9 Å².